The average molecular weight is 439 g/mol. The molecule has 2 aromatic rings. The summed E-state index contributed by atoms with van der Waals surface area (Å²) in [6.07, 6.45) is 4.23. The zero-order valence-corrected chi connectivity index (χ0v) is 16.5. The molecule has 0 unspecified atom stereocenters. The first-order chi connectivity index (χ1) is 14.2. The molecule has 1 aliphatic rings. The van der Waals surface area contributed by atoms with Gasteiger partial charge in [-0.2, -0.15) is 17.5 Å². The maximum atomic E-state index is 12.7. The van der Waals surface area contributed by atoms with Crippen molar-refractivity contribution in [3.8, 4) is 0 Å². The standard InChI is InChI=1S/C20H16F3NO5S/c1-2-3-9-28-16(25)8-7-12-10-13-5-4-6-14-17(13)15(11-12)19(27)24(18(14)26)29-30-20(21,22)23/h4-8,10-11H,2-3,9H2,1H3/b8-7+. The molecule has 0 saturated heterocycles. The first-order valence-electron chi connectivity index (χ1n) is 8.94. The first kappa shape index (κ1) is 21.8. The van der Waals surface area contributed by atoms with Crippen molar-refractivity contribution in [3.63, 3.8) is 0 Å². The quantitative estimate of drug-likeness (QED) is 0.201. The molecule has 0 radical (unpaired) electrons. The summed E-state index contributed by atoms with van der Waals surface area (Å²) in [5.41, 5.74) is -4.33. The Balaban J connectivity index is 1.94. The van der Waals surface area contributed by atoms with Crippen molar-refractivity contribution < 1.29 is 36.6 Å². The second kappa shape index (κ2) is 8.88. The summed E-state index contributed by atoms with van der Waals surface area (Å²) in [4.78, 5) is 36.9. The lowest BCUT2D eigenvalue weighted by Gasteiger charge is -2.25. The number of unbranched alkanes of at least 4 members (excludes halogenated alkanes) is 1. The predicted octanol–water partition coefficient (Wildman–Crippen LogP) is 4.89. The van der Waals surface area contributed by atoms with E-state index in [0.29, 0.717) is 16.3 Å². The van der Waals surface area contributed by atoms with Gasteiger partial charge in [0.2, 0.25) is 0 Å². The smallest absolute Gasteiger partial charge is 0.463 e. The number of imide groups is 1. The Morgan fingerprint density at radius 3 is 2.60 bits per heavy atom. The third-order valence-electron chi connectivity index (χ3n) is 4.19. The highest BCUT2D eigenvalue weighted by molar-refractivity contribution is 7.95. The van der Waals surface area contributed by atoms with Crippen LogP contribution in [0.5, 0.6) is 0 Å². The fraction of sp³-hybridized carbons (Fsp3) is 0.250. The number of ether oxygens (including phenoxy) is 1. The number of hydrogen-bond donors (Lipinski definition) is 0. The number of carbonyl (C=O) groups is 3. The van der Waals surface area contributed by atoms with E-state index in [1.807, 2.05) is 6.92 Å². The Morgan fingerprint density at radius 2 is 1.90 bits per heavy atom. The van der Waals surface area contributed by atoms with Crippen molar-refractivity contribution in [1.82, 2.24) is 5.06 Å². The van der Waals surface area contributed by atoms with Crippen LogP contribution >= 0.6 is 12.0 Å². The zero-order valence-electron chi connectivity index (χ0n) is 15.7. The summed E-state index contributed by atoms with van der Waals surface area (Å²) in [5, 5.41) is 0.919. The van der Waals surface area contributed by atoms with E-state index in [2.05, 4.69) is 4.28 Å². The Kier molecular flexibility index (Phi) is 6.47. The number of hydrogen-bond acceptors (Lipinski definition) is 6. The van der Waals surface area contributed by atoms with E-state index in [9.17, 15) is 27.6 Å². The molecule has 1 aliphatic heterocycles. The highest BCUT2D eigenvalue weighted by Gasteiger charge is 2.39. The number of alkyl halides is 3. The molecule has 3 rings (SSSR count). The fourth-order valence-electron chi connectivity index (χ4n) is 2.88. The van der Waals surface area contributed by atoms with E-state index in [0.717, 1.165) is 12.8 Å². The van der Waals surface area contributed by atoms with E-state index >= 15 is 0 Å². The molecule has 0 spiro atoms. The van der Waals surface area contributed by atoms with E-state index < -0.39 is 35.3 Å². The maximum absolute atomic E-state index is 12.7. The summed E-state index contributed by atoms with van der Waals surface area (Å²) in [7, 11) is 0. The van der Waals surface area contributed by atoms with Gasteiger partial charge in [-0.15, -0.1) is 5.06 Å². The zero-order chi connectivity index (χ0) is 21.9. The summed E-state index contributed by atoms with van der Waals surface area (Å²) in [5.74, 6) is -2.57. The lowest BCUT2D eigenvalue weighted by atomic mass is 9.93. The number of nitrogens with zero attached hydrogens (tertiary/aromatic N) is 1. The topological polar surface area (TPSA) is 72.9 Å². The van der Waals surface area contributed by atoms with Crippen LogP contribution < -0.4 is 0 Å². The minimum absolute atomic E-state index is 0.00975. The number of carbonyl (C=O) groups excluding carboxylic acids is 3. The van der Waals surface area contributed by atoms with Crippen molar-refractivity contribution in [2.24, 2.45) is 0 Å². The van der Waals surface area contributed by atoms with E-state index in [-0.39, 0.29) is 22.8 Å². The molecule has 0 fully saturated rings. The number of esters is 1. The van der Waals surface area contributed by atoms with Gasteiger partial charge in [0.25, 0.3) is 11.8 Å². The van der Waals surface area contributed by atoms with Crippen LogP contribution in [0.3, 0.4) is 0 Å². The molecule has 158 valence electrons. The molecule has 0 aliphatic carbocycles. The Morgan fingerprint density at radius 1 is 1.17 bits per heavy atom. The monoisotopic (exact) mass is 439 g/mol. The minimum Gasteiger partial charge on any atom is -0.463 e. The van der Waals surface area contributed by atoms with Gasteiger partial charge in [-0.1, -0.05) is 25.5 Å². The molecule has 30 heavy (non-hydrogen) atoms. The summed E-state index contributed by atoms with van der Waals surface area (Å²) in [6.45, 7) is 2.25. The van der Waals surface area contributed by atoms with Crippen molar-refractivity contribution >= 4 is 46.7 Å². The number of rotatable bonds is 7. The Bertz CT molecular complexity index is 1040. The second-order valence-electron chi connectivity index (χ2n) is 6.33. The molecule has 6 nitrogen and oxygen atoms in total. The van der Waals surface area contributed by atoms with Crippen LogP contribution in [0.25, 0.3) is 16.8 Å². The van der Waals surface area contributed by atoms with Gasteiger partial charge in [-0.05, 0) is 41.6 Å². The van der Waals surface area contributed by atoms with Crippen LogP contribution in [0.1, 0.15) is 46.0 Å². The van der Waals surface area contributed by atoms with E-state index in [4.69, 9.17) is 4.74 Å². The van der Waals surface area contributed by atoms with Crippen LogP contribution in [0.15, 0.2) is 36.4 Å². The van der Waals surface area contributed by atoms with Crippen LogP contribution in [0, 0.1) is 0 Å². The number of halogens is 3. The molecule has 0 bridgehead atoms. The molecular formula is C20H16F3NO5S. The van der Waals surface area contributed by atoms with Crippen molar-refractivity contribution in [2.45, 2.75) is 25.3 Å². The third-order valence-corrected chi connectivity index (χ3v) is 4.60. The van der Waals surface area contributed by atoms with Crippen molar-refractivity contribution in [1.29, 1.82) is 0 Å². The van der Waals surface area contributed by atoms with Gasteiger partial charge in [-0.3, -0.25) is 9.59 Å². The van der Waals surface area contributed by atoms with Crippen LogP contribution in [-0.2, 0) is 13.8 Å². The lowest BCUT2D eigenvalue weighted by Crippen LogP contribution is -2.39. The third kappa shape index (κ3) is 4.82. The van der Waals surface area contributed by atoms with Crippen LogP contribution in [0.4, 0.5) is 13.2 Å². The van der Waals surface area contributed by atoms with Gasteiger partial charge in [0.1, 0.15) is 12.0 Å². The largest absolute Gasteiger partial charge is 0.470 e. The number of hydroxylamine groups is 2. The summed E-state index contributed by atoms with van der Waals surface area (Å²) < 4.78 is 46.8. The fourth-order valence-corrected chi connectivity index (χ4v) is 3.18. The molecular weight excluding hydrogens is 423 g/mol. The average Bonchev–Trinajstić information content (AvgIpc) is 2.69. The van der Waals surface area contributed by atoms with Gasteiger partial charge in [0.05, 0.1) is 17.7 Å². The molecule has 1 heterocycles. The summed E-state index contributed by atoms with van der Waals surface area (Å²) in [6, 6.07) is 7.62. The minimum atomic E-state index is -4.80. The SMILES string of the molecule is CCCCOC(=O)/C=C/c1cc2c3c(cccc3c1)C(=O)N(OSC(F)(F)F)C2=O. The highest BCUT2D eigenvalue weighted by Crippen LogP contribution is 2.36. The number of benzene rings is 2. The Hall–Kier alpha value is -2.85. The van der Waals surface area contributed by atoms with E-state index in [1.54, 1.807) is 12.1 Å². The first-order valence-corrected chi connectivity index (χ1v) is 9.68. The predicted molar refractivity (Wildman–Crippen MR) is 104 cm³/mol. The van der Waals surface area contributed by atoms with Gasteiger partial charge in [-0.25, -0.2) is 4.79 Å². The molecule has 0 atom stereocenters. The van der Waals surface area contributed by atoms with Crippen LogP contribution in [-0.4, -0.2) is 35.0 Å². The molecule has 0 saturated carbocycles. The highest BCUT2D eigenvalue weighted by atomic mass is 32.2. The number of amides is 2. The van der Waals surface area contributed by atoms with Gasteiger partial charge >= 0.3 is 11.5 Å². The maximum Gasteiger partial charge on any atom is 0.470 e. The van der Waals surface area contributed by atoms with E-state index in [1.165, 1.54) is 30.4 Å². The molecule has 0 N–H and O–H groups in total. The molecule has 2 aromatic carbocycles. The van der Waals surface area contributed by atoms with Gasteiger partial charge in [0.15, 0.2) is 0 Å². The molecule has 0 aromatic heterocycles. The van der Waals surface area contributed by atoms with Crippen molar-refractivity contribution in [2.75, 3.05) is 6.61 Å². The second-order valence-corrected chi connectivity index (χ2v) is 7.11. The summed E-state index contributed by atoms with van der Waals surface area (Å²) >= 11 is -0.951. The van der Waals surface area contributed by atoms with Gasteiger partial charge < -0.3 is 4.74 Å². The Labute approximate surface area is 173 Å². The molecule has 10 heteroatoms. The lowest BCUT2D eigenvalue weighted by molar-refractivity contribution is -0.137. The van der Waals surface area contributed by atoms with Gasteiger partial charge in [0, 0.05) is 11.5 Å². The molecule has 2 amide bonds. The van der Waals surface area contributed by atoms with Crippen LogP contribution in [0.2, 0.25) is 0 Å². The van der Waals surface area contributed by atoms with Crippen molar-refractivity contribution in [3.05, 3.63) is 53.1 Å². The normalized spacial score (nSPS) is 14.1.